The Labute approximate surface area is 106 Å². The highest BCUT2D eigenvalue weighted by molar-refractivity contribution is 6.17. The van der Waals surface area contributed by atoms with Crippen LogP contribution in [0.25, 0.3) is 0 Å². The highest BCUT2D eigenvalue weighted by Crippen LogP contribution is 2.50. The molecule has 0 rings (SSSR count). The minimum absolute atomic E-state index is 0.0225. The largest absolute Gasteiger partial charge is 0.463 e. The molecule has 0 aliphatic carbocycles. The molecule has 0 spiro atoms. The second kappa shape index (κ2) is 5.43. The van der Waals surface area contributed by atoms with Crippen LogP contribution >= 0.6 is 0 Å². The molecule has 1 unspecified atom stereocenters. The summed E-state index contributed by atoms with van der Waals surface area (Å²) in [6, 6.07) is 0. The van der Waals surface area contributed by atoms with Crippen LogP contribution in [0.4, 0.5) is 0 Å². The summed E-state index contributed by atoms with van der Waals surface area (Å²) in [6.07, 6.45) is 0.633. The number of carbonyl (C=O) groups is 1. The third-order valence-corrected chi connectivity index (χ3v) is 3.08. The fraction of sp³-hybridized carbons (Fsp3) is 0.923. The van der Waals surface area contributed by atoms with Gasteiger partial charge in [0.2, 0.25) is 0 Å². The van der Waals surface area contributed by atoms with Crippen molar-refractivity contribution in [3.05, 3.63) is 0 Å². The van der Waals surface area contributed by atoms with E-state index in [1.807, 2.05) is 20.8 Å². The van der Waals surface area contributed by atoms with Crippen molar-refractivity contribution in [3.8, 4) is 0 Å². The van der Waals surface area contributed by atoms with Crippen LogP contribution < -0.4 is 0 Å². The van der Waals surface area contributed by atoms with E-state index in [2.05, 4.69) is 20.8 Å². The van der Waals surface area contributed by atoms with E-state index in [0.717, 1.165) is 0 Å². The molecule has 98 valence electrons. The second-order valence-corrected chi connectivity index (χ2v) is 6.65. The highest BCUT2D eigenvalue weighted by atomic mass is 16.5. The van der Waals surface area contributed by atoms with Gasteiger partial charge in [0, 0.05) is 0 Å². The molecule has 0 aromatic heterocycles. The molecule has 0 aromatic rings. The van der Waals surface area contributed by atoms with Crippen molar-refractivity contribution in [3.63, 3.8) is 0 Å². The van der Waals surface area contributed by atoms with Crippen molar-refractivity contribution in [2.24, 2.45) is 10.8 Å². The smallest absolute Gasteiger partial charge is 0.311 e. The average Bonchev–Trinajstić information content (AvgIpc) is 2.09. The SMILES string of the molecule is [B]C(C)(C)C(C)(CC(C)(C)C)C(=O)OCCO. The van der Waals surface area contributed by atoms with E-state index in [9.17, 15) is 4.79 Å². The Kier molecular flexibility index (Phi) is 5.26. The molecule has 0 saturated carbocycles. The fourth-order valence-corrected chi connectivity index (χ4v) is 1.92. The Balaban J connectivity index is 5.05. The number of ether oxygens (including phenoxy) is 1. The topological polar surface area (TPSA) is 46.5 Å². The van der Waals surface area contributed by atoms with E-state index in [1.54, 1.807) is 0 Å². The molecule has 2 radical (unpaired) electrons. The van der Waals surface area contributed by atoms with E-state index in [-0.39, 0.29) is 24.6 Å². The maximum Gasteiger partial charge on any atom is 0.311 e. The van der Waals surface area contributed by atoms with Crippen LogP contribution in [0.5, 0.6) is 0 Å². The van der Waals surface area contributed by atoms with Crippen LogP contribution in [-0.2, 0) is 9.53 Å². The first-order chi connectivity index (χ1) is 7.44. The third kappa shape index (κ3) is 4.70. The molecule has 0 aromatic carbocycles. The first-order valence-corrected chi connectivity index (χ1v) is 6.01. The van der Waals surface area contributed by atoms with Gasteiger partial charge in [-0.2, -0.15) is 0 Å². The predicted molar refractivity (Wildman–Crippen MR) is 70.0 cm³/mol. The van der Waals surface area contributed by atoms with Gasteiger partial charge in [-0.1, -0.05) is 39.9 Å². The molecular weight excluding hydrogens is 215 g/mol. The Morgan fingerprint density at radius 1 is 1.18 bits per heavy atom. The Morgan fingerprint density at radius 2 is 1.65 bits per heavy atom. The molecule has 4 heteroatoms. The van der Waals surface area contributed by atoms with Gasteiger partial charge in [0.15, 0.2) is 0 Å². The van der Waals surface area contributed by atoms with Gasteiger partial charge in [0.1, 0.15) is 6.61 Å². The number of hydrogen-bond acceptors (Lipinski definition) is 3. The summed E-state index contributed by atoms with van der Waals surface area (Å²) >= 11 is 0. The fourth-order valence-electron chi connectivity index (χ4n) is 1.92. The van der Waals surface area contributed by atoms with Crippen molar-refractivity contribution >= 4 is 13.8 Å². The zero-order valence-electron chi connectivity index (χ0n) is 12.0. The van der Waals surface area contributed by atoms with Gasteiger partial charge in [-0.15, -0.1) is 0 Å². The number of rotatable bonds is 5. The average molecular weight is 240 g/mol. The molecule has 0 saturated heterocycles. The van der Waals surface area contributed by atoms with Crippen molar-refractivity contribution < 1.29 is 14.6 Å². The Bertz CT molecular complexity index is 263. The second-order valence-electron chi connectivity index (χ2n) is 6.65. The van der Waals surface area contributed by atoms with Gasteiger partial charge in [-0.3, -0.25) is 4.79 Å². The van der Waals surface area contributed by atoms with Crippen LogP contribution in [0.1, 0.15) is 48.0 Å². The predicted octanol–water partition coefficient (Wildman–Crippen LogP) is 2.33. The van der Waals surface area contributed by atoms with Crippen LogP contribution in [0.15, 0.2) is 0 Å². The van der Waals surface area contributed by atoms with Crippen molar-refractivity contribution in [1.29, 1.82) is 0 Å². The van der Waals surface area contributed by atoms with E-state index in [4.69, 9.17) is 17.7 Å². The maximum atomic E-state index is 12.1. The molecule has 0 bridgehead atoms. The van der Waals surface area contributed by atoms with E-state index in [1.165, 1.54) is 0 Å². The zero-order valence-corrected chi connectivity index (χ0v) is 12.0. The van der Waals surface area contributed by atoms with Crippen molar-refractivity contribution in [1.82, 2.24) is 0 Å². The van der Waals surface area contributed by atoms with Crippen LogP contribution in [0.3, 0.4) is 0 Å². The normalized spacial score (nSPS) is 16.4. The molecular formula is C13H25BO3. The lowest BCUT2D eigenvalue weighted by molar-refractivity contribution is -0.160. The summed E-state index contributed by atoms with van der Waals surface area (Å²) in [7, 11) is 6.13. The van der Waals surface area contributed by atoms with Crippen LogP contribution in [0, 0.1) is 10.8 Å². The minimum Gasteiger partial charge on any atom is -0.463 e. The van der Waals surface area contributed by atoms with Crippen molar-refractivity contribution in [2.75, 3.05) is 13.2 Å². The molecule has 1 N–H and O–H groups in total. The number of hydrogen-bond donors (Lipinski definition) is 1. The van der Waals surface area contributed by atoms with Gasteiger partial charge in [0.05, 0.1) is 19.9 Å². The third-order valence-electron chi connectivity index (χ3n) is 3.08. The van der Waals surface area contributed by atoms with E-state index >= 15 is 0 Å². The molecule has 3 nitrogen and oxygen atoms in total. The molecule has 1 atom stereocenters. The lowest BCUT2D eigenvalue weighted by atomic mass is 9.51. The molecule has 0 aliphatic heterocycles. The number of carbonyl (C=O) groups excluding carboxylic acids is 1. The number of aliphatic hydroxyl groups is 1. The molecule has 0 aliphatic rings. The monoisotopic (exact) mass is 240 g/mol. The van der Waals surface area contributed by atoms with Gasteiger partial charge >= 0.3 is 5.97 Å². The zero-order chi connectivity index (χ0) is 13.9. The highest BCUT2D eigenvalue weighted by Gasteiger charge is 2.47. The summed E-state index contributed by atoms with van der Waals surface area (Å²) in [6.45, 7) is 11.6. The first-order valence-electron chi connectivity index (χ1n) is 6.01. The van der Waals surface area contributed by atoms with Crippen LogP contribution in [-0.4, -0.2) is 32.1 Å². The van der Waals surface area contributed by atoms with Gasteiger partial charge in [0.25, 0.3) is 0 Å². The Morgan fingerprint density at radius 3 is 1.94 bits per heavy atom. The Hall–Kier alpha value is -0.505. The number of esters is 1. The molecule has 0 heterocycles. The minimum atomic E-state index is -0.763. The van der Waals surface area contributed by atoms with Crippen LogP contribution in [0.2, 0.25) is 5.31 Å². The standard InChI is InChI=1S/C13H25BO3/c1-11(2,3)9-13(6,12(4,5)14)10(16)17-8-7-15/h15H,7-9H2,1-6H3. The number of aliphatic hydroxyl groups excluding tert-OH is 1. The summed E-state index contributed by atoms with van der Waals surface area (Å²) in [4.78, 5) is 12.1. The van der Waals surface area contributed by atoms with E-state index < -0.39 is 10.7 Å². The maximum absolute atomic E-state index is 12.1. The first kappa shape index (κ1) is 16.5. The molecule has 17 heavy (non-hydrogen) atoms. The van der Waals surface area contributed by atoms with Gasteiger partial charge < -0.3 is 9.84 Å². The summed E-state index contributed by atoms with van der Waals surface area (Å²) in [5.74, 6) is -0.339. The van der Waals surface area contributed by atoms with Gasteiger partial charge in [-0.25, -0.2) is 0 Å². The molecule has 0 amide bonds. The lowest BCUT2D eigenvalue weighted by Crippen LogP contribution is -2.42. The quantitative estimate of drug-likeness (QED) is 0.592. The lowest BCUT2D eigenvalue weighted by Gasteiger charge is -2.43. The summed E-state index contributed by atoms with van der Waals surface area (Å²) < 4.78 is 5.06. The van der Waals surface area contributed by atoms with E-state index in [0.29, 0.717) is 6.42 Å². The van der Waals surface area contributed by atoms with Crippen molar-refractivity contribution in [2.45, 2.75) is 53.3 Å². The summed E-state index contributed by atoms with van der Waals surface area (Å²) in [5, 5.41) is 8.03. The summed E-state index contributed by atoms with van der Waals surface area (Å²) in [5.41, 5.74) is -0.788. The van der Waals surface area contributed by atoms with Gasteiger partial charge in [-0.05, 0) is 18.8 Å². The molecule has 0 fully saturated rings.